The minimum Gasteiger partial charge on any atom is -0.371 e. The van der Waals surface area contributed by atoms with Crippen LogP contribution in [0.3, 0.4) is 0 Å². The van der Waals surface area contributed by atoms with Crippen molar-refractivity contribution in [3.05, 3.63) is 63.6 Å². The summed E-state index contributed by atoms with van der Waals surface area (Å²) in [6.45, 7) is 1.49. The Bertz CT molecular complexity index is 925. The second kappa shape index (κ2) is 7.86. The molecule has 1 atom stereocenters. The Morgan fingerprint density at radius 2 is 1.88 bits per heavy atom. The maximum Gasteiger partial charge on any atom is 0.229 e. The Balaban J connectivity index is 1.96. The van der Waals surface area contributed by atoms with Crippen LogP contribution >= 0.6 is 23.2 Å². The molecule has 1 unspecified atom stereocenters. The van der Waals surface area contributed by atoms with Crippen molar-refractivity contribution >= 4 is 44.7 Å². The van der Waals surface area contributed by atoms with E-state index in [1.807, 2.05) is 36.4 Å². The van der Waals surface area contributed by atoms with E-state index in [2.05, 4.69) is 15.0 Å². The van der Waals surface area contributed by atoms with E-state index in [1.54, 1.807) is 6.07 Å². The van der Waals surface area contributed by atoms with Crippen LogP contribution in [-0.2, 0) is 16.4 Å². The smallest absolute Gasteiger partial charge is 0.229 e. The third-order valence-corrected chi connectivity index (χ3v) is 5.31. The summed E-state index contributed by atoms with van der Waals surface area (Å²) >= 11 is 12.9. The van der Waals surface area contributed by atoms with Gasteiger partial charge in [-0.05, 0) is 36.2 Å². The van der Waals surface area contributed by atoms with E-state index in [0.717, 1.165) is 29.8 Å². The molecule has 0 radical (unpaired) electrons. The molecule has 0 saturated carbocycles. The van der Waals surface area contributed by atoms with Gasteiger partial charge in [-0.25, -0.2) is 8.42 Å². The minimum atomic E-state index is -3.33. The van der Waals surface area contributed by atoms with Gasteiger partial charge in [-0.1, -0.05) is 41.4 Å². The summed E-state index contributed by atoms with van der Waals surface area (Å²) in [6.07, 6.45) is 1.72. The number of hydrogen-bond donors (Lipinski definition) is 2. The summed E-state index contributed by atoms with van der Waals surface area (Å²) in [5, 5.41) is 4.48. The van der Waals surface area contributed by atoms with E-state index in [0.29, 0.717) is 28.7 Å². The van der Waals surface area contributed by atoms with Gasteiger partial charge >= 0.3 is 0 Å². The summed E-state index contributed by atoms with van der Waals surface area (Å²) in [6, 6.07) is 12.7. The van der Waals surface area contributed by atoms with E-state index >= 15 is 0 Å². The number of nitrogens with zero attached hydrogens (tertiary/aromatic N) is 1. The van der Waals surface area contributed by atoms with Gasteiger partial charge in [0, 0.05) is 33.8 Å². The van der Waals surface area contributed by atoms with Gasteiger partial charge in [-0.3, -0.25) is 9.71 Å². The molecule has 2 aromatic rings. The summed E-state index contributed by atoms with van der Waals surface area (Å²) in [4.78, 5) is 4.55. The molecule has 0 saturated heterocycles. The van der Waals surface area contributed by atoms with Gasteiger partial charge in [-0.2, -0.15) is 0 Å². The fourth-order valence-electron chi connectivity index (χ4n) is 3.04. The van der Waals surface area contributed by atoms with Crippen molar-refractivity contribution in [1.29, 1.82) is 0 Å². The van der Waals surface area contributed by atoms with Crippen molar-refractivity contribution in [2.24, 2.45) is 4.99 Å². The molecule has 26 heavy (non-hydrogen) atoms. The standard InChI is InChI=1S/C18H19Cl2N3O2S/c1-26(24,25)23-13-5-2-4-12(10-13)11-14(18-21-8-9-22-18)17-15(19)6-3-7-16(17)20/h2-7,10,14,23H,8-9,11H2,1H3,(H,21,22). The Kier molecular flexibility index (Phi) is 5.75. The first-order chi connectivity index (χ1) is 12.3. The Morgan fingerprint density at radius 1 is 1.19 bits per heavy atom. The lowest BCUT2D eigenvalue weighted by Crippen LogP contribution is -2.27. The molecule has 5 nitrogen and oxygen atoms in total. The van der Waals surface area contributed by atoms with Crippen LogP contribution in [0.15, 0.2) is 47.5 Å². The second-order valence-corrected chi connectivity index (χ2v) is 8.72. The molecule has 8 heteroatoms. The van der Waals surface area contributed by atoms with Crippen LogP contribution in [-0.4, -0.2) is 33.6 Å². The zero-order valence-corrected chi connectivity index (χ0v) is 16.5. The molecule has 2 N–H and O–H groups in total. The zero-order valence-electron chi connectivity index (χ0n) is 14.2. The molecule has 0 bridgehead atoms. The molecule has 0 amide bonds. The molecule has 0 spiro atoms. The van der Waals surface area contributed by atoms with Crippen molar-refractivity contribution in [2.75, 3.05) is 24.1 Å². The molecule has 138 valence electrons. The maximum atomic E-state index is 11.5. The summed E-state index contributed by atoms with van der Waals surface area (Å²) < 4.78 is 25.5. The van der Waals surface area contributed by atoms with Crippen LogP contribution in [0, 0.1) is 0 Å². The fraction of sp³-hybridized carbons (Fsp3) is 0.278. The monoisotopic (exact) mass is 411 g/mol. The van der Waals surface area contributed by atoms with Crippen LogP contribution in [0.1, 0.15) is 17.0 Å². The van der Waals surface area contributed by atoms with Crippen LogP contribution in [0.4, 0.5) is 5.69 Å². The number of sulfonamides is 1. The van der Waals surface area contributed by atoms with Gasteiger partial charge in [-0.15, -0.1) is 0 Å². The minimum absolute atomic E-state index is 0.132. The highest BCUT2D eigenvalue weighted by Gasteiger charge is 2.25. The SMILES string of the molecule is CS(=O)(=O)Nc1cccc(CC(C2=NCCN2)c2c(Cl)cccc2Cl)c1. The van der Waals surface area contributed by atoms with Crippen LogP contribution in [0.5, 0.6) is 0 Å². The van der Waals surface area contributed by atoms with Crippen LogP contribution in [0.2, 0.25) is 10.0 Å². The van der Waals surface area contributed by atoms with E-state index in [1.165, 1.54) is 0 Å². The molecule has 1 aliphatic heterocycles. The number of nitrogens with one attached hydrogen (secondary N) is 2. The largest absolute Gasteiger partial charge is 0.371 e. The lowest BCUT2D eigenvalue weighted by Gasteiger charge is -2.21. The van der Waals surface area contributed by atoms with Gasteiger partial charge in [0.15, 0.2) is 0 Å². The molecule has 1 aliphatic rings. The third-order valence-electron chi connectivity index (χ3n) is 4.05. The molecule has 1 heterocycles. The van der Waals surface area contributed by atoms with Crippen molar-refractivity contribution in [1.82, 2.24) is 5.32 Å². The highest BCUT2D eigenvalue weighted by Crippen LogP contribution is 2.35. The average molecular weight is 412 g/mol. The number of aliphatic imine (C=N–C) groups is 1. The van der Waals surface area contributed by atoms with Crippen LogP contribution in [0.25, 0.3) is 0 Å². The van der Waals surface area contributed by atoms with E-state index in [9.17, 15) is 8.42 Å². The Hall–Kier alpha value is -1.76. The first-order valence-electron chi connectivity index (χ1n) is 8.12. The highest BCUT2D eigenvalue weighted by molar-refractivity contribution is 7.92. The first kappa shape index (κ1) is 19.0. The number of hydrogen-bond acceptors (Lipinski definition) is 4. The van der Waals surface area contributed by atoms with E-state index in [4.69, 9.17) is 23.2 Å². The van der Waals surface area contributed by atoms with Crippen molar-refractivity contribution < 1.29 is 8.42 Å². The quantitative estimate of drug-likeness (QED) is 0.760. The Morgan fingerprint density at radius 3 is 2.50 bits per heavy atom. The summed E-state index contributed by atoms with van der Waals surface area (Å²) in [5.74, 6) is 0.716. The number of amidine groups is 1. The van der Waals surface area contributed by atoms with Crippen molar-refractivity contribution in [3.8, 4) is 0 Å². The number of benzene rings is 2. The van der Waals surface area contributed by atoms with Crippen molar-refractivity contribution in [3.63, 3.8) is 0 Å². The van der Waals surface area contributed by atoms with Crippen LogP contribution < -0.4 is 10.0 Å². The molecule has 0 aliphatic carbocycles. The third kappa shape index (κ3) is 4.69. The van der Waals surface area contributed by atoms with E-state index in [-0.39, 0.29) is 5.92 Å². The molecular formula is C18H19Cl2N3O2S. The van der Waals surface area contributed by atoms with Gasteiger partial charge in [0.05, 0.1) is 12.8 Å². The summed E-state index contributed by atoms with van der Waals surface area (Å²) in [7, 11) is -3.33. The van der Waals surface area contributed by atoms with Gasteiger partial charge in [0.2, 0.25) is 10.0 Å². The first-order valence-corrected chi connectivity index (χ1v) is 10.8. The zero-order chi connectivity index (χ0) is 18.7. The molecular weight excluding hydrogens is 393 g/mol. The lowest BCUT2D eigenvalue weighted by molar-refractivity contribution is 0.607. The predicted molar refractivity (Wildman–Crippen MR) is 108 cm³/mol. The maximum absolute atomic E-state index is 11.5. The molecule has 0 fully saturated rings. The second-order valence-electron chi connectivity index (χ2n) is 6.16. The fourth-order valence-corrected chi connectivity index (χ4v) is 4.26. The average Bonchev–Trinajstić information content (AvgIpc) is 3.06. The number of halogens is 2. The normalized spacial score (nSPS) is 15.3. The summed E-state index contributed by atoms with van der Waals surface area (Å²) in [5.41, 5.74) is 2.30. The molecule has 2 aromatic carbocycles. The Labute approximate surface area is 163 Å². The van der Waals surface area contributed by atoms with Gasteiger partial charge in [0.1, 0.15) is 5.84 Å². The molecule has 0 aromatic heterocycles. The number of anilines is 1. The van der Waals surface area contributed by atoms with E-state index < -0.39 is 10.0 Å². The lowest BCUT2D eigenvalue weighted by atomic mass is 9.90. The highest BCUT2D eigenvalue weighted by atomic mass is 35.5. The molecule has 3 rings (SSSR count). The van der Waals surface area contributed by atoms with Crippen molar-refractivity contribution in [2.45, 2.75) is 12.3 Å². The number of rotatable bonds is 6. The van der Waals surface area contributed by atoms with Gasteiger partial charge in [0.25, 0.3) is 0 Å². The van der Waals surface area contributed by atoms with Gasteiger partial charge < -0.3 is 5.32 Å². The predicted octanol–water partition coefficient (Wildman–Crippen LogP) is 3.69. The topological polar surface area (TPSA) is 70.6 Å².